The van der Waals surface area contributed by atoms with Crippen molar-refractivity contribution >= 4 is 0 Å². The van der Waals surface area contributed by atoms with Crippen LogP contribution in [0.3, 0.4) is 0 Å². The molecule has 2 rings (SSSR count). The van der Waals surface area contributed by atoms with E-state index in [4.69, 9.17) is 0 Å². The summed E-state index contributed by atoms with van der Waals surface area (Å²) in [6, 6.07) is 7.98. The van der Waals surface area contributed by atoms with Crippen LogP contribution in [0.2, 0.25) is 0 Å². The Labute approximate surface area is 106 Å². The smallest absolute Gasteiger partial charge is 0.0296 e. The molecule has 0 aliphatic heterocycles. The van der Waals surface area contributed by atoms with E-state index in [-0.39, 0.29) is 0 Å². The molecule has 0 saturated heterocycles. The van der Waals surface area contributed by atoms with Crippen LogP contribution in [0, 0.1) is 19.8 Å². The van der Waals surface area contributed by atoms with Gasteiger partial charge in [0.05, 0.1) is 0 Å². The van der Waals surface area contributed by atoms with Gasteiger partial charge in [0.1, 0.15) is 0 Å². The highest BCUT2D eigenvalue weighted by molar-refractivity contribution is 5.32. The van der Waals surface area contributed by atoms with Crippen LogP contribution in [0.5, 0.6) is 0 Å². The largest absolute Gasteiger partial charge is 0.307 e. The van der Waals surface area contributed by atoms with Gasteiger partial charge in [-0.3, -0.25) is 0 Å². The van der Waals surface area contributed by atoms with E-state index in [9.17, 15) is 0 Å². The Morgan fingerprint density at radius 1 is 1.24 bits per heavy atom. The van der Waals surface area contributed by atoms with E-state index in [1.807, 2.05) is 0 Å². The highest BCUT2D eigenvalue weighted by Crippen LogP contribution is 2.27. The van der Waals surface area contributed by atoms with Crippen molar-refractivity contribution in [1.82, 2.24) is 5.32 Å². The van der Waals surface area contributed by atoms with E-state index in [2.05, 4.69) is 51.2 Å². The molecule has 1 fully saturated rings. The Bertz CT molecular complexity index is 383. The van der Waals surface area contributed by atoms with Crippen molar-refractivity contribution in [2.45, 2.75) is 59.0 Å². The van der Waals surface area contributed by atoms with Crippen molar-refractivity contribution in [3.8, 4) is 0 Å². The van der Waals surface area contributed by atoms with Crippen LogP contribution in [0.25, 0.3) is 0 Å². The number of rotatable bonds is 3. The quantitative estimate of drug-likeness (QED) is 0.824. The molecule has 0 heterocycles. The number of nitrogens with one attached hydrogen (secondary N) is 1. The van der Waals surface area contributed by atoms with E-state index in [0.29, 0.717) is 6.04 Å². The molecular formula is C16H25N. The first kappa shape index (κ1) is 12.6. The molecule has 0 radical (unpaired) electrons. The number of aryl methyl sites for hydroxylation is 2. The fourth-order valence-electron chi connectivity index (χ4n) is 3.11. The lowest BCUT2D eigenvalue weighted by Gasteiger charge is -2.21. The third-order valence-corrected chi connectivity index (χ3v) is 4.07. The van der Waals surface area contributed by atoms with Crippen molar-refractivity contribution < 1.29 is 0 Å². The fraction of sp³-hybridized carbons (Fsp3) is 0.625. The predicted octanol–water partition coefficient (Wildman–Crippen LogP) is 4.14. The average molecular weight is 231 g/mol. The predicted molar refractivity (Wildman–Crippen MR) is 74.3 cm³/mol. The minimum Gasteiger partial charge on any atom is -0.307 e. The minimum atomic E-state index is 0.478. The summed E-state index contributed by atoms with van der Waals surface area (Å²) >= 11 is 0. The Balaban J connectivity index is 2.01. The Hall–Kier alpha value is -0.820. The molecule has 3 atom stereocenters. The Morgan fingerprint density at radius 2 is 2.00 bits per heavy atom. The maximum atomic E-state index is 3.79. The van der Waals surface area contributed by atoms with Crippen LogP contribution < -0.4 is 5.32 Å². The van der Waals surface area contributed by atoms with Crippen molar-refractivity contribution in [2.24, 2.45) is 5.92 Å². The molecule has 0 amide bonds. The number of hydrogen-bond donors (Lipinski definition) is 1. The number of benzene rings is 1. The normalized spacial score (nSPS) is 26.1. The van der Waals surface area contributed by atoms with Crippen LogP contribution >= 0.6 is 0 Å². The van der Waals surface area contributed by atoms with E-state index in [0.717, 1.165) is 12.0 Å². The second kappa shape index (κ2) is 5.22. The van der Waals surface area contributed by atoms with Crippen LogP contribution in [0.1, 0.15) is 55.8 Å². The van der Waals surface area contributed by atoms with Gasteiger partial charge < -0.3 is 5.32 Å². The van der Waals surface area contributed by atoms with Crippen molar-refractivity contribution in [3.05, 3.63) is 34.9 Å². The summed E-state index contributed by atoms with van der Waals surface area (Å²) in [4.78, 5) is 0. The van der Waals surface area contributed by atoms with Crippen LogP contribution in [-0.2, 0) is 0 Å². The molecular weight excluding hydrogens is 206 g/mol. The molecule has 3 unspecified atom stereocenters. The van der Waals surface area contributed by atoms with Gasteiger partial charge in [0, 0.05) is 12.1 Å². The molecule has 1 saturated carbocycles. The highest BCUT2D eigenvalue weighted by Gasteiger charge is 2.23. The van der Waals surface area contributed by atoms with Gasteiger partial charge in [0.25, 0.3) is 0 Å². The van der Waals surface area contributed by atoms with Gasteiger partial charge in [0.2, 0.25) is 0 Å². The minimum absolute atomic E-state index is 0.478. The highest BCUT2D eigenvalue weighted by atomic mass is 14.9. The molecule has 0 bridgehead atoms. The van der Waals surface area contributed by atoms with E-state index < -0.39 is 0 Å². The standard InChI is InChI=1S/C16H25N/c1-11-6-8-16(13(3)9-11)14(4)17-15-7-5-12(2)10-15/h6,8-9,12,14-15,17H,5,7,10H2,1-4H3. The van der Waals surface area contributed by atoms with Crippen LogP contribution in [0.4, 0.5) is 0 Å². The first-order chi connectivity index (χ1) is 8.06. The maximum absolute atomic E-state index is 3.79. The topological polar surface area (TPSA) is 12.0 Å². The van der Waals surface area contributed by atoms with E-state index in [1.54, 1.807) is 0 Å². The third kappa shape index (κ3) is 3.10. The Morgan fingerprint density at radius 3 is 2.59 bits per heavy atom. The molecule has 1 heteroatoms. The fourth-order valence-corrected chi connectivity index (χ4v) is 3.11. The molecule has 0 aromatic heterocycles. The van der Waals surface area contributed by atoms with Crippen molar-refractivity contribution in [3.63, 3.8) is 0 Å². The summed E-state index contributed by atoms with van der Waals surface area (Å²) in [7, 11) is 0. The zero-order valence-corrected chi connectivity index (χ0v) is 11.6. The van der Waals surface area contributed by atoms with Crippen LogP contribution in [-0.4, -0.2) is 6.04 Å². The lowest BCUT2D eigenvalue weighted by molar-refractivity contribution is 0.448. The van der Waals surface area contributed by atoms with Gasteiger partial charge >= 0.3 is 0 Å². The zero-order chi connectivity index (χ0) is 12.4. The van der Waals surface area contributed by atoms with Gasteiger partial charge in [0.15, 0.2) is 0 Å². The van der Waals surface area contributed by atoms with Crippen molar-refractivity contribution in [2.75, 3.05) is 0 Å². The van der Waals surface area contributed by atoms with Gasteiger partial charge in [-0.15, -0.1) is 0 Å². The molecule has 1 aromatic carbocycles. The molecule has 1 aliphatic carbocycles. The Kier molecular flexibility index (Phi) is 3.88. The molecule has 1 nitrogen and oxygen atoms in total. The number of hydrogen-bond acceptors (Lipinski definition) is 1. The maximum Gasteiger partial charge on any atom is 0.0296 e. The first-order valence-electron chi connectivity index (χ1n) is 6.89. The second-order valence-electron chi connectivity index (χ2n) is 5.86. The lowest BCUT2D eigenvalue weighted by atomic mass is 9.99. The molecule has 1 N–H and O–H groups in total. The first-order valence-corrected chi connectivity index (χ1v) is 6.89. The summed E-state index contributed by atoms with van der Waals surface area (Å²) < 4.78 is 0. The van der Waals surface area contributed by atoms with Gasteiger partial charge in [-0.1, -0.05) is 30.7 Å². The molecule has 94 valence electrons. The summed E-state index contributed by atoms with van der Waals surface area (Å²) in [5.41, 5.74) is 4.22. The lowest BCUT2D eigenvalue weighted by Crippen LogP contribution is -2.29. The average Bonchev–Trinajstić information content (AvgIpc) is 2.63. The monoisotopic (exact) mass is 231 g/mol. The SMILES string of the molecule is Cc1ccc(C(C)NC2CCC(C)C2)c(C)c1. The summed E-state index contributed by atoms with van der Waals surface area (Å²) in [6.45, 7) is 9.04. The molecule has 1 aliphatic rings. The van der Waals surface area contributed by atoms with Gasteiger partial charge in [-0.05, 0) is 57.1 Å². The van der Waals surface area contributed by atoms with E-state index in [1.165, 1.54) is 36.0 Å². The molecule has 0 spiro atoms. The van der Waals surface area contributed by atoms with Crippen molar-refractivity contribution in [1.29, 1.82) is 0 Å². The summed E-state index contributed by atoms with van der Waals surface area (Å²) in [5.74, 6) is 0.902. The zero-order valence-electron chi connectivity index (χ0n) is 11.6. The van der Waals surface area contributed by atoms with Gasteiger partial charge in [-0.25, -0.2) is 0 Å². The van der Waals surface area contributed by atoms with E-state index >= 15 is 0 Å². The second-order valence-corrected chi connectivity index (χ2v) is 5.86. The molecule has 17 heavy (non-hydrogen) atoms. The summed E-state index contributed by atoms with van der Waals surface area (Å²) in [5, 5.41) is 3.79. The van der Waals surface area contributed by atoms with Crippen LogP contribution in [0.15, 0.2) is 18.2 Å². The summed E-state index contributed by atoms with van der Waals surface area (Å²) in [6.07, 6.45) is 4.07. The molecule has 1 aromatic rings. The third-order valence-electron chi connectivity index (χ3n) is 4.07. The van der Waals surface area contributed by atoms with Gasteiger partial charge in [-0.2, -0.15) is 0 Å².